The maximum absolute atomic E-state index is 12.7. The molecule has 32 heavy (non-hydrogen) atoms. The van der Waals surface area contributed by atoms with Crippen LogP contribution in [0.25, 0.3) is 5.69 Å². The van der Waals surface area contributed by atoms with Crippen molar-refractivity contribution in [3.8, 4) is 5.69 Å². The van der Waals surface area contributed by atoms with Crippen molar-refractivity contribution in [1.82, 2.24) is 14.9 Å². The number of hydrogen-bond acceptors (Lipinski definition) is 4. The molecule has 1 aromatic heterocycles. The Balaban J connectivity index is 1.47. The highest BCUT2D eigenvalue weighted by atomic mass is 32.2. The van der Waals surface area contributed by atoms with Crippen LogP contribution in [0.2, 0.25) is 0 Å². The van der Waals surface area contributed by atoms with Crippen LogP contribution in [0.3, 0.4) is 0 Å². The summed E-state index contributed by atoms with van der Waals surface area (Å²) in [6.45, 7) is 2.20. The maximum Gasteiger partial charge on any atom is 0.261 e. The fraction of sp³-hybridized carbons (Fsp3) is 0.0833. The maximum atomic E-state index is 12.7. The SMILES string of the molecule is Cc1ccc(S(=O)(=O)Nc2cccc(C(=O)NCc3ccccc3-n3ccnc3)c2)cc1. The number of hydrogen-bond donors (Lipinski definition) is 2. The fourth-order valence-corrected chi connectivity index (χ4v) is 4.30. The Kier molecular flexibility index (Phi) is 6.04. The molecule has 0 unspecified atom stereocenters. The van der Waals surface area contributed by atoms with Crippen molar-refractivity contribution in [3.05, 3.63) is 108 Å². The minimum Gasteiger partial charge on any atom is -0.348 e. The van der Waals surface area contributed by atoms with Crippen LogP contribution in [0.4, 0.5) is 5.69 Å². The van der Waals surface area contributed by atoms with Gasteiger partial charge in [0, 0.05) is 30.2 Å². The van der Waals surface area contributed by atoms with Crippen molar-refractivity contribution in [3.63, 3.8) is 0 Å². The molecule has 162 valence electrons. The van der Waals surface area contributed by atoms with Gasteiger partial charge in [0.25, 0.3) is 15.9 Å². The van der Waals surface area contributed by atoms with Gasteiger partial charge in [0.1, 0.15) is 0 Å². The summed E-state index contributed by atoms with van der Waals surface area (Å²) in [5.74, 6) is -0.304. The Morgan fingerprint density at radius 1 is 1.00 bits per heavy atom. The lowest BCUT2D eigenvalue weighted by atomic mass is 10.1. The van der Waals surface area contributed by atoms with Crippen LogP contribution in [0, 0.1) is 6.92 Å². The third-order valence-corrected chi connectivity index (χ3v) is 6.32. The Bertz CT molecular complexity index is 1330. The Hall–Kier alpha value is -3.91. The zero-order valence-corrected chi connectivity index (χ0v) is 18.2. The lowest BCUT2D eigenvalue weighted by Crippen LogP contribution is -2.23. The first-order valence-electron chi connectivity index (χ1n) is 9.96. The number of anilines is 1. The van der Waals surface area contributed by atoms with E-state index in [9.17, 15) is 13.2 Å². The van der Waals surface area contributed by atoms with Gasteiger partial charge in [0.2, 0.25) is 0 Å². The molecule has 4 rings (SSSR count). The van der Waals surface area contributed by atoms with E-state index in [1.54, 1.807) is 55.0 Å². The van der Waals surface area contributed by atoms with Gasteiger partial charge in [-0.05, 0) is 48.9 Å². The van der Waals surface area contributed by atoms with Crippen LogP contribution in [0.5, 0.6) is 0 Å². The van der Waals surface area contributed by atoms with Crippen LogP contribution < -0.4 is 10.0 Å². The fourth-order valence-electron chi connectivity index (χ4n) is 3.25. The molecule has 0 aliphatic carbocycles. The highest BCUT2D eigenvalue weighted by Gasteiger charge is 2.15. The summed E-state index contributed by atoms with van der Waals surface area (Å²) in [7, 11) is -3.75. The van der Waals surface area contributed by atoms with Crippen LogP contribution in [-0.2, 0) is 16.6 Å². The summed E-state index contributed by atoms with van der Waals surface area (Å²) in [5, 5.41) is 2.90. The average molecular weight is 447 g/mol. The molecule has 8 heteroatoms. The summed E-state index contributed by atoms with van der Waals surface area (Å²) in [6.07, 6.45) is 5.23. The lowest BCUT2D eigenvalue weighted by molar-refractivity contribution is 0.0951. The number of rotatable bonds is 7. The Morgan fingerprint density at radius 3 is 2.53 bits per heavy atom. The normalized spacial score (nSPS) is 11.2. The van der Waals surface area contributed by atoms with Gasteiger partial charge in [0.15, 0.2) is 0 Å². The third-order valence-electron chi connectivity index (χ3n) is 4.92. The van der Waals surface area contributed by atoms with Crippen molar-refractivity contribution in [2.24, 2.45) is 0 Å². The molecule has 3 aromatic carbocycles. The summed E-state index contributed by atoms with van der Waals surface area (Å²) >= 11 is 0. The summed E-state index contributed by atoms with van der Waals surface area (Å²) in [5.41, 5.74) is 3.49. The highest BCUT2D eigenvalue weighted by Crippen LogP contribution is 2.18. The first-order valence-corrected chi connectivity index (χ1v) is 11.4. The number of nitrogens with one attached hydrogen (secondary N) is 2. The van der Waals surface area contributed by atoms with Crippen molar-refractivity contribution < 1.29 is 13.2 Å². The number of benzene rings is 3. The van der Waals surface area contributed by atoms with E-state index in [1.807, 2.05) is 42.0 Å². The van der Waals surface area contributed by atoms with Crippen molar-refractivity contribution in [1.29, 1.82) is 0 Å². The minimum absolute atomic E-state index is 0.161. The first-order chi connectivity index (χ1) is 15.4. The predicted octanol–water partition coefficient (Wildman–Crippen LogP) is 3.91. The van der Waals surface area contributed by atoms with E-state index in [0.29, 0.717) is 17.8 Å². The Morgan fingerprint density at radius 2 is 1.78 bits per heavy atom. The van der Waals surface area contributed by atoms with Gasteiger partial charge >= 0.3 is 0 Å². The molecule has 0 bridgehead atoms. The standard InChI is InChI=1S/C24H22N4O3S/c1-18-9-11-22(12-10-18)32(30,31)27-21-7-4-6-19(15-21)24(29)26-16-20-5-2-3-8-23(20)28-14-13-25-17-28/h2-15,17,27H,16H2,1H3,(H,26,29). The zero-order chi connectivity index (χ0) is 22.6. The number of sulfonamides is 1. The van der Waals surface area contributed by atoms with E-state index in [-0.39, 0.29) is 10.8 Å². The predicted molar refractivity (Wildman–Crippen MR) is 123 cm³/mol. The third kappa shape index (κ3) is 4.87. The summed E-state index contributed by atoms with van der Waals surface area (Å²) in [6, 6.07) is 20.7. The monoisotopic (exact) mass is 446 g/mol. The number of carbonyl (C=O) groups excluding carboxylic acids is 1. The second-order valence-corrected chi connectivity index (χ2v) is 8.96. The molecule has 7 nitrogen and oxygen atoms in total. The van der Waals surface area contributed by atoms with Gasteiger partial charge in [-0.25, -0.2) is 13.4 Å². The van der Waals surface area contributed by atoms with E-state index >= 15 is 0 Å². The number of aromatic nitrogens is 2. The van der Waals surface area contributed by atoms with Gasteiger partial charge in [-0.1, -0.05) is 42.0 Å². The van der Waals surface area contributed by atoms with Gasteiger partial charge in [0.05, 0.1) is 16.9 Å². The summed E-state index contributed by atoms with van der Waals surface area (Å²) < 4.78 is 29.7. The van der Waals surface area contributed by atoms with E-state index < -0.39 is 10.0 Å². The molecule has 4 aromatic rings. The summed E-state index contributed by atoms with van der Waals surface area (Å²) in [4.78, 5) is 17.0. The van der Waals surface area contributed by atoms with E-state index in [2.05, 4.69) is 15.0 Å². The molecule has 0 fully saturated rings. The second-order valence-electron chi connectivity index (χ2n) is 7.28. The number of para-hydroxylation sites is 1. The molecule has 2 N–H and O–H groups in total. The molecule has 0 spiro atoms. The minimum atomic E-state index is -3.75. The molecule has 1 heterocycles. The van der Waals surface area contributed by atoms with E-state index in [1.165, 1.54) is 6.07 Å². The van der Waals surface area contributed by atoms with Crippen molar-refractivity contribution >= 4 is 21.6 Å². The molecule has 0 aliphatic heterocycles. The van der Waals surface area contributed by atoms with Crippen LogP contribution in [0.1, 0.15) is 21.5 Å². The van der Waals surface area contributed by atoms with Crippen LogP contribution in [0.15, 0.2) is 96.4 Å². The number of amides is 1. The Labute approximate surface area is 186 Å². The number of nitrogens with zero attached hydrogens (tertiary/aromatic N) is 2. The van der Waals surface area contributed by atoms with Gasteiger partial charge < -0.3 is 9.88 Å². The number of aryl methyl sites for hydroxylation is 1. The van der Waals surface area contributed by atoms with Gasteiger partial charge in [-0.3, -0.25) is 9.52 Å². The number of imidazole rings is 1. The molecule has 0 atom stereocenters. The molecule has 1 amide bonds. The molecule has 0 saturated carbocycles. The molecular formula is C24H22N4O3S. The highest BCUT2D eigenvalue weighted by molar-refractivity contribution is 7.92. The zero-order valence-electron chi connectivity index (χ0n) is 17.4. The average Bonchev–Trinajstić information content (AvgIpc) is 3.33. The largest absolute Gasteiger partial charge is 0.348 e. The van der Waals surface area contributed by atoms with Gasteiger partial charge in [-0.2, -0.15) is 0 Å². The smallest absolute Gasteiger partial charge is 0.261 e. The quantitative estimate of drug-likeness (QED) is 0.450. The topological polar surface area (TPSA) is 93.1 Å². The van der Waals surface area contributed by atoms with Crippen LogP contribution >= 0.6 is 0 Å². The van der Waals surface area contributed by atoms with Crippen LogP contribution in [-0.4, -0.2) is 23.9 Å². The van der Waals surface area contributed by atoms with E-state index in [0.717, 1.165) is 16.8 Å². The second kappa shape index (κ2) is 9.07. The number of carbonyl (C=O) groups is 1. The van der Waals surface area contributed by atoms with Crippen molar-refractivity contribution in [2.75, 3.05) is 4.72 Å². The van der Waals surface area contributed by atoms with E-state index in [4.69, 9.17) is 0 Å². The first kappa shape index (κ1) is 21.3. The lowest BCUT2D eigenvalue weighted by Gasteiger charge is -2.12. The molecule has 0 aliphatic rings. The molecule has 0 radical (unpaired) electrons. The van der Waals surface area contributed by atoms with Gasteiger partial charge in [-0.15, -0.1) is 0 Å². The molecular weight excluding hydrogens is 424 g/mol. The van der Waals surface area contributed by atoms with Crippen molar-refractivity contribution in [2.45, 2.75) is 18.4 Å². The molecule has 0 saturated heterocycles.